The molecule has 1 aromatic heterocycles. The maximum Gasteiger partial charge on any atom is 0.228 e. The molecule has 1 aromatic carbocycles. The first kappa shape index (κ1) is 15.7. The second-order valence-electron chi connectivity index (χ2n) is 6.62. The van der Waals surface area contributed by atoms with Crippen LogP contribution in [0.25, 0.3) is 0 Å². The Kier molecular flexibility index (Phi) is 4.78. The van der Waals surface area contributed by atoms with E-state index in [1.807, 2.05) is 19.2 Å². The van der Waals surface area contributed by atoms with Gasteiger partial charge in [-0.15, -0.1) is 0 Å². The minimum absolute atomic E-state index is 0.152. The molecule has 0 amide bonds. The van der Waals surface area contributed by atoms with Crippen LogP contribution in [0.3, 0.4) is 0 Å². The number of hydrogen-bond donors (Lipinski definition) is 1. The van der Waals surface area contributed by atoms with Crippen molar-refractivity contribution < 1.29 is 4.52 Å². The van der Waals surface area contributed by atoms with Crippen LogP contribution in [0.2, 0.25) is 0 Å². The van der Waals surface area contributed by atoms with Crippen LogP contribution in [-0.2, 0) is 12.8 Å². The summed E-state index contributed by atoms with van der Waals surface area (Å²) in [6, 6.07) is 8.61. The van der Waals surface area contributed by atoms with Crippen LogP contribution < -0.4 is 5.32 Å². The summed E-state index contributed by atoms with van der Waals surface area (Å²) in [6.45, 7) is 8.73. The largest absolute Gasteiger partial charge is 0.339 e. The van der Waals surface area contributed by atoms with Crippen LogP contribution in [0.5, 0.6) is 0 Å². The Bertz CT molecular complexity index is 584. The highest BCUT2D eigenvalue weighted by atomic mass is 16.5. The topological polar surface area (TPSA) is 51.0 Å². The number of benzene rings is 1. The van der Waals surface area contributed by atoms with Gasteiger partial charge in [0.05, 0.1) is 0 Å². The average Bonchev–Trinajstić information content (AvgIpc) is 2.85. The van der Waals surface area contributed by atoms with Crippen molar-refractivity contribution in [2.45, 2.75) is 46.6 Å². The molecule has 2 rings (SSSR count). The second kappa shape index (κ2) is 6.39. The van der Waals surface area contributed by atoms with Crippen molar-refractivity contribution in [3.8, 4) is 0 Å². The first-order chi connectivity index (χ1) is 9.90. The Morgan fingerprint density at radius 3 is 2.57 bits per heavy atom. The summed E-state index contributed by atoms with van der Waals surface area (Å²) >= 11 is 0. The van der Waals surface area contributed by atoms with E-state index in [0.717, 1.165) is 18.7 Å². The van der Waals surface area contributed by atoms with Crippen molar-refractivity contribution in [2.75, 3.05) is 7.05 Å². The van der Waals surface area contributed by atoms with Gasteiger partial charge in [0.1, 0.15) is 0 Å². The maximum atomic E-state index is 5.40. The summed E-state index contributed by atoms with van der Waals surface area (Å²) in [5.74, 6) is 1.45. The molecule has 2 aromatic rings. The van der Waals surface area contributed by atoms with Crippen LogP contribution in [0.1, 0.15) is 43.6 Å². The molecule has 1 N–H and O–H groups in total. The van der Waals surface area contributed by atoms with Crippen molar-refractivity contribution in [1.29, 1.82) is 0 Å². The molecule has 0 aliphatic rings. The van der Waals surface area contributed by atoms with Crippen molar-refractivity contribution in [3.05, 3.63) is 47.1 Å². The highest BCUT2D eigenvalue weighted by Crippen LogP contribution is 2.22. The fourth-order valence-electron chi connectivity index (χ4n) is 2.44. The minimum Gasteiger partial charge on any atom is -0.339 e. The Balaban J connectivity index is 2.07. The lowest BCUT2D eigenvalue weighted by Gasteiger charge is -2.29. The van der Waals surface area contributed by atoms with Gasteiger partial charge in [-0.05, 0) is 30.5 Å². The molecular weight excluding hydrogens is 262 g/mol. The van der Waals surface area contributed by atoms with Crippen LogP contribution >= 0.6 is 0 Å². The molecule has 1 heterocycles. The molecule has 4 nitrogen and oxygen atoms in total. The standard InChI is InChI=1S/C17H25N3O/c1-12-8-6-7-9-13(12)10-15-19-16(21-20-15)11-14(18-5)17(2,3)4/h6-9,14,18H,10-11H2,1-5H3. The third-order valence-electron chi connectivity index (χ3n) is 3.89. The van der Waals surface area contributed by atoms with Gasteiger partial charge in [0.25, 0.3) is 0 Å². The molecule has 1 atom stereocenters. The minimum atomic E-state index is 0.152. The molecule has 0 saturated heterocycles. The zero-order valence-corrected chi connectivity index (χ0v) is 13.6. The maximum absolute atomic E-state index is 5.40. The normalized spacial score (nSPS) is 13.4. The van der Waals surface area contributed by atoms with Crippen molar-refractivity contribution in [2.24, 2.45) is 5.41 Å². The molecule has 1 unspecified atom stereocenters. The lowest BCUT2D eigenvalue weighted by Crippen LogP contribution is -2.39. The summed E-state index contributed by atoms with van der Waals surface area (Å²) < 4.78 is 5.40. The van der Waals surface area contributed by atoms with Gasteiger partial charge >= 0.3 is 0 Å². The van der Waals surface area contributed by atoms with Gasteiger partial charge in [-0.2, -0.15) is 4.98 Å². The number of aromatic nitrogens is 2. The van der Waals surface area contributed by atoms with Gasteiger partial charge in [-0.25, -0.2) is 0 Å². The number of nitrogens with one attached hydrogen (secondary N) is 1. The van der Waals surface area contributed by atoms with Gasteiger partial charge in [0.15, 0.2) is 5.82 Å². The molecule has 0 fully saturated rings. The average molecular weight is 287 g/mol. The number of aryl methyl sites for hydroxylation is 1. The predicted molar refractivity (Wildman–Crippen MR) is 84.3 cm³/mol. The van der Waals surface area contributed by atoms with Crippen LogP contribution in [0, 0.1) is 12.3 Å². The van der Waals surface area contributed by atoms with E-state index in [2.05, 4.69) is 55.3 Å². The number of hydrogen-bond acceptors (Lipinski definition) is 4. The first-order valence-corrected chi connectivity index (χ1v) is 7.43. The van der Waals surface area contributed by atoms with Crippen molar-refractivity contribution in [3.63, 3.8) is 0 Å². The van der Waals surface area contributed by atoms with E-state index >= 15 is 0 Å². The zero-order valence-electron chi connectivity index (χ0n) is 13.6. The molecule has 0 saturated carbocycles. The lowest BCUT2D eigenvalue weighted by atomic mass is 9.85. The summed E-state index contributed by atoms with van der Waals surface area (Å²) in [5, 5.41) is 7.44. The van der Waals surface area contributed by atoms with E-state index in [0.29, 0.717) is 11.9 Å². The van der Waals surface area contributed by atoms with E-state index < -0.39 is 0 Å². The molecule has 0 aliphatic carbocycles. The van der Waals surface area contributed by atoms with E-state index in [9.17, 15) is 0 Å². The van der Waals surface area contributed by atoms with Crippen molar-refractivity contribution >= 4 is 0 Å². The molecule has 4 heteroatoms. The van der Waals surface area contributed by atoms with Gasteiger partial charge in [0, 0.05) is 18.9 Å². The third-order valence-corrected chi connectivity index (χ3v) is 3.89. The number of nitrogens with zero attached hydrogens (tertiary/aromatic N) is 2. The predicted octanol–water partition coefficient (Wildman–Crippen LogP) is 3.15. The van der Waals surface area contributed by atoms with E-state index in [1.54, 1.807) is 0 Å². The van der Waals surface area contributed by atoms with E-state index in [4.69, 9.17) is 4.52 Å². The van der Waals surface area contributed by atoms with Crippen molar-refractivity contribution in [1.82, 2.24) is 15.5 Å². The number of likely N-dealkylation sites (N-methyl/N-ethyl adjacent to an activating group) is 1. The smallest absolute Gasteiger partial charge is 0.228 e. The summed E-state index contributed by atoms with van der Waals surface area (Å²) in [7, 11) is 1.97. The first-order valence-electron chi connectivity index (χ1n) is 7.43. The Hall–Kier alpha value is -1.68. The van der Waals surface area contributed by atoms with E-state index in [1.165, 1.54) is 11.1 Å². The number of rotatable bonds is 5. The van der Waals surface area contributed by atoms with Crippen LogP contribution in [-0.4, -0.2) is 23.2 Å². The van der Waals surface area contributed by atoms with Gasteiger partial charge < -0.3 is 9.84 Å². The Labute approximate surface area is 127 Å². The molecular formula is C17H25N3O. The summed E-state index contributed by atoms with van der Waals surface area (Å²) in [4.78, 5) is 4.53. The van der Waals surface area contributed by atoms with Crippen LogP contribution in [0.4, 0.5) is 0 Å². The SMILES string of the molecule is CNC(Cc1nc(Cc2ccccc2C)no1)C(C)(C)C. The fourth-order valence-corrected chi connectivity index (χ4v) is 2.44. The van der Waals surface area contributed by atoms with Gasteiger partial charge in [0.2, 0.25) is 5.89 Å². The molecule has 0 radical (unpaired) electrons. The zero-order chi connectivity index (χ0) is 15.5. The lowest BCUT2D eigenvalue weighted by molar-refractivity contribution is 0.255. The monoisotopic (exact) mass is 287 g/mol. The third kappa shape index (κ3) is 4.14. The van der Waals surface area contributed by atoms with Crippen LogP contribution in [0.15, 0.2) is 28.8 Å². The summed E-state index contributed by atoms with van der Waals surface area (Å²) in [6.07, 6.45) is 1.47. The highest BCUT2D eigenvalue weighted by molar-refractivity contribution is 5.27. The van der Waals surface area contributed by atoms with Gasteiger partial charge in [-0.3, -0.25) is 0 Å². The molecule has 21 heavy (non-hydrogen) atoms. The molecule has 0 bridgehead atoms. The highest BCUT2D eigenvalue weighted by Gasteiger charge is 2.25. The van der Waals surface area contributed by atoms with E-state index in [-0.39, 0.29) is 5.41 Å². The fraction of sp³-hybridized carbons (Fsp3) is 0.529. The Morgan fingerprint density at radius 2 is 1.95 bits per heavy atom. The second-order valence-corrected chi connectivity index (χ2v) is 6.62. The molecule has 114 valence electrons. The van der Waals surface area contributed by atoms with Gasteiger partial charge in [-0.1, -0.05) is 50.2 Å². The summed E-state index contributed by atoms with van der Waals surface area (Å²) in [5.41, 5.74) is 2.65. The quantitative estimate of drug-likeness (QED) is 0.918. The molecule has 0 aliphatic heterocycles. The molecule has 0 spiro atoms. The Morgan fingerprint density at radius 1 is 1.24 bits per heavy atom.